The van der Waals surface area contributed by atoms with Crippen LogP contribution < -0.4 is 0 Å². The fourth-order valence-corrected chi connectivity index (χ4v) is 3.68. The van der Waals surface area contributed by atoms with Crippen molar-refractivity contribution in [2.24, 2.45) is 0 Å². The van der Waals surface area contributed by atoms with Crippen LogP contribution >= 0.6 is 31.9 Å². The van der Waals surface area contributed by atoms with Crippen LogP contribution in [0.1, 0.15) is 32.6 Å². The quantitative estimate of drug-likeness (QED) is 0.535. The van der Waals surface area contributed by atoms with Gasteiger partial charge in [0.2, 0.25) is 0 Å². The summed E-state index contributed by atoms with van der Waals surface area (Å²) >= 11 is 7.46. The number of ether oxygens (including phenoxy) is 2. The Morgan fingerprint density at radius 2 is 2.11 bits per heavy atom. The summed E-state index contributed by atoms with van der Waals surface area (Å²) in [6.45, 7) is 2.18. The lowest BCUT2D eigenvalue weighted by Gasteiger charge is -2.47. The third-order valence-electron chi connectivity index (χ3n) is 3.82. The number of allylic oxidation sites excluding steroid dienone is 1. The number of fused-ring (bicyclic) bond motifs is 4. The molecule has 6 unspecified atom stereocenters. The van der Waals surface area contributed by atoms with Crippen LogP contribution in [0.25, 0.3) is 0 Å². The van der Waals surface area contributed by atoms with Gasteiger partial charge in [-0.3, -0.25) is 0 Å². The molecule has 4 heteroatoms. The van der Waals surface area contributed by atoms with Gasteiger partial charge in [-0.05, 0) is 25.3 Å². The van der Waals surface area contributed by atoms with E-state index in [9.17, 15) is 0 Å². The van der Waals surface area contributed by atoms with Crippen molar-refractivity contribution in [3.05, 3.63) is 12.2 Å². The third-order valence-corrected chi connectivity index (χ3v) is 6.02. The topological polar surface area (TPSA) is 18.5 Å². The summed E-state index contributed by atoms with van der Waals surface area (Å²) in [7, 11) is 0. The van der Waals surface area contributed by atoms with Gasteiger partial charge in [-0.15, -0.1) is 6.42 Å². The van der Waals surface area contributed by atoms with Gasteiger partial charge in [0, 0.05) is 16.1 Å². The lowest BCUT2D eigenvalue weighted by Crippen LogP contribution is -2.55. The number of hydrogen-bond acceptors (Lipinski definition) is 2. The van der Waals surface area contributed by atoms with Gasteiger partial charge in [0.1, 0.15) is 0 Å². The van der Waals surface area contributed by atoms with E-state index >= 15 is 0 Å². The van der Waals surface area contributed by atoms with Crippen LogP contribution in [0.15, 0.2) is 12.2 Å². The van der Waals surface area contributed by atoms with E-state index in [2.05, 4.69) is 44.7 Å². The van der Waals surface area contributed by atoms with Gasteiger partial charge in [0.15, 0.2) is 0 Å². The van der Waals surface area contributed by atoms with Crippen LogP contribution in [0.4, 0.5) is 0 Å². The Morgan fingerprint density at radius 3 is 2.74 bits per heavy atom. The van der Waals surface area contributed by atoms with Crippen molar-refractivity contribution in [1.82, 2.24) is 0 Å². The van der Waals surface area contributed by atoms with Crippen LogP contribution in [0.3, 0.4) is 0 Å². The SMILES string of the molecule is C#C/C=C/CC1OC(C(Br)CC)CC(Br)C2CC1O2. The molecule has 0 aromatic rings. The third kappa shape index (κ3) is 3.85. The van der Waals surface area contributed by atoms with E-state index in [4.69, 9.17) is 15.9 Å². The lowest BCUT2D eigenvalue weighted by molar-refractivity contribution is -0.213. The van der Waals surface area contributed by atoms with E-state index in [0.29, 0.717) is 15.8 Å². The number of rotatable bonds is 4. The summed E-state index contributed by atoms with van der Waals surface area (Å²) in [6, 6.07) is 0. The molecular weight excluding hydrogens is 372 g/mol. The van der Waals surface area contributed by atoms with Crippen molar-refractivity contribution in [3.8, 4) is 12.3 Å². The minimum atomic E-state index is 0.123. The summed E-state index contributed by atoms with van der Waals surface area (Å²) in [5.74, 6) is 2.52. The van der Waals surface area contributed by atoms with Crippen molar-refractivity contribution < 1.29 is 9.47 Å². The molecule has 0 saturated carbocycles. The van der Waals surface area contributed by atoms with Gasteiger partial charge in [0.25, 0.3) is 0 Å². The highest BCUT2D eigenvalue weighted by Crippen LogP contribution is 2.39. The molecule has 0 N–H and O–H groups in total. The molecule has 6 atom stereocenters. The zero-order chi connectivity index (χ0) is 13.8. The van der Waals surface area contributed by atoms with Crippen LogP contribution in [-0.2, 0) is 9.47 Å². The molecular formula is C15H20Br2O2. The summed E-state index contributed by atoms with van der Waals surface area (Å²) in [5.41, 5.74) is 0. The highest BCUT2D eigenvalue weighted by Gasteiger charge is 2.44. The molecule has 3 fully saturated rings. The molecule has 0 amide bonds. The van der Waals surface area contributed by atoms with Gasteiger partial charge >= 0.3 is 0 Å². The predicted octanol–water partition coefficient (Wildman–Crippen LogP) is 3.82. The first-order chi connectivity index (χ1) is 9.15. The van der Waals surface area contributed by atoms with Crippen molar-refractivity contribution in [2.45, 2.75) is 66.7 Å². The van der Waals surface area contributed by atoms with E-state index in [1.54, 1.807) is 6.08 Å². The molecule has 3 rings (SSSR count). The van der Waals surface area contributed by atoms with Gasteiger partial charge in [-0.1, -0.05) is 50.8 Å². The monoisotopic (exact) mass is 390 g/mol. The zero-order valence-electron chi connectivity index (χ0n) is 11.1. The Bertz CT molecular complexity index is 358. The first-order valence-corrected chi connectivity index (χ1v) is 8.69. The molecule has 0 radical (unpaired) electrons. The van der Waals surface area contributed by atoms with Crippen molar-refractivity contribution >= 4 is 31.9 Å². The second-order valence-electron chi connectivity index (χ2n) is 5.14. The van der Waals surface area contributed by atoms with Crippen LogP contribution in [0, 0.1) is 12.3 Å². The largest absolute Gasteiger partial charge is 0.371 e. The Balaban J connectivity index is 2.02. The molecule has 0 aromatic carbocycles. The Hall–Kier alpha value is 0.180. The molecule has 0 aliphatic carbocycles. The fraction of sp³-hybridized carbons (Fsp3) is 0.733. The molecule has 0 aromatic heterocycles. The predicted molar refractivity (Wildman–Crippen MR) is 84.9 cm³/mol. The first-order valence-electron chi connectivity index (χ1n) is 6.85. The molecule has 2 nitrogen and oxygen atoms in total. The molecule has 2 bridgehead atoms. The van der Waals surface area contributed by atoms with Gasteiger partial charge < -0.3 is 9.47 Å². The maximum Gasteiger partial charge on any atom is 0.0876 e. The standard InChI is InChI=1S/C15H20Br2O2/c1-3-5-6-7-12-15-9-14(19-15)11(17)8-13(18-12)10(16)4-2/h1,5-6,10-15H,4,7-9H2,2H3/b6-5+. The Morgan fingerprint density at radius 1 is 1.37 bits per heavy atom. The van der Waals surface area contributed by atoms with Gasteiger partial charge in [-0.2, -0.15) is 0 Å². The van der Waals surface area contributed by atoms with Crippen LogP contribution in [0.5, 0.6) is 0 Å². The average Bonchev–Trinajstić information content (AvgIpc) is 2.32. The number of halogens is 2. The average molecular weight is 392 g/mol. The zero-order valence-corrected chi connectivity index (χ0v) is 14.3. The summed E-state index contributed by atoms with van der Waals surface area (Å²) in [4.78, 5) is 0.784. The normalized spacial score (nSPS) is 40.0. The van der Waals surface area contributed by atoms with Gasteiger partial charge in [0.05, 0.1) is 24.4 Å². The number of hydrogen-bond donors (Lipinski definition) is 0. The van der Waals surface area contributed by atoms with E-state index in [0.717, 1.165) is 25.7 Å². The lowest BCUT2D eigenvalue weighted by atomic mass is 9.90. The van der Waals surface area contributed by atoms with E-state index < -0.39 is 0 Å². The van der Waals surface area contributed by atoms with E-state index in [1.807, 2.05) is 6.08 Å². The van der Waals surface area contributed by atoms with Crippen LogP contribution in [0.2, 0.25) is 0 Å². The van der Waals surface area contributed by atoms with E-state index in [-0.39, 0.29) is 18.3 Å². The molecule has 3 heterocycles. The maximum absolute atomic E-state index is 6.29. The number of terminal acetylenes is 1. The van der Waals surface area contributed by atoms with Crippen molar-refractivity contribution in [3.63, 3.8) is 0 Å². The second-order valence-corrected chi connectivity index (χ2v) is 7.49. The highest BCUT2D eigenvalue weighted by molar-refractivity contribution is 9.09. The minimum Gasteiger partial charge on any atom is -0.371 e. The smallest absolute Gasteiger partial charge is 0.0876 e. The molecule has 106 valence electrons. The number of alkyl halides is 2. The molecule has 3 saturated heterocycles. The molecule has 3 aliphatic heterocycles. The van der Waals surface area contributed by atoms with Gasteiger partial charge in [-0.25, -0.2) is 0 Å². The maximum atomic E-state index is 6.29. The Kier molecular flexibility index (Phi) is 5.95. The van der Waals surface area contributed by atoms with Crippen LogP contribution in [-0.4, -0.2) is 34.1 Å². The molecule has 0 spiro atoms. The fourth-order valence-electron chi connectivity index (χ4n) is 2.63. The minimum absolute atomic E-state index is 0.123. The Labute approximate surface area is 132 Å². The molecule has 19 heavy (non-hydrogen) atoms. The summed E-state index contributed by atoms with van der Waals surface area (Å²) < 4.78 is 12.2. The van der Waals surface area contributed by atoms with Crippen molar-refractivity contribution in [2.75, 3.05) is 0 Å². The summed E-state index contributed by atoms with van der Waals surface area (Å²) in [5, 5.41) is 0. The second kappa shape index (κ2) is 7.26. The first kappa shape index (κ1) is 15.6. The van der Waals surface area contributed by atoms with Crippen molar-refractivity contribution in [1.29, 1.82) is 0 Å². The summed E-state index contributed by atoms with van der Waals surface area (Å²) in [6.07, 6.45) is 13.8. The highest BCUT2D eigenvalue weighted by atomic mass is 79.9. The van der Waals surface area contributed by atoms with E-state index in [1.165, 1.54) is 0 Å². The molecule has 3 aliphatic rings.